The number of nitrogens with one attached hydrogen (secondary N) is 1. The van der Waals surface area contributed by atoms with E-state index in [1.807, 2.05) is 20.8 Å². The summed E-state index contributed by atoms with van der Waals surface area (Å²) in [5.41, 5.74) is -0.839. The van der Waals surface area contributed by atoms with Crippen LogP contribution < -0.4 is 10.3 Å². The molecule has 11 heteroatoms. The Balaban J connectivity index is 1.56. The quantitative estimate of drug-likeness (QED) is 0.252. The lowest BCUT2D eigenvalue weighted by Crippen LogP contribution is -2.42. The maximum atomic E-state index is 15.5. The van der Waals surface area contributed by atoms with Gasteiger partial charge in [-0.1, -0.05) is 25.7 Å². The lowest BCUT2D eigenvalue weighted by Gasteiger charge is -2.30. The number of nitrogens with zero attached hydrogens (tertiary/aromatic N) is 4. The van der Waals surface area contributed by atoms with Crippen molar-refractivity contribution < 1.29 is 23.0 Å². The normalized spacial score (nSPS) is 14.4. The largest absolute Gasteiger partial charge is 0.493 e. The van der Waals surface area contributed by atoms with Gasteiger partial charge in [0, 0.05) is 49.5 Å². The van der Waals surface area contributed by atoms with Crippen LogP contribution in [0.25, 0.3) is 22.6 Å². The summed E-state index contributed by atoms with van der Waals surface area (Å²) >= 11 is 0. The second-order valence-corrected chi connectivity index (χ2v) is 11.3. The van der Waals surface area contributed by atoms with Gasteiger partial charge in [-0.25, -0.2) is 23.5 Å². The Bertz CT molecular complexity index is 1380. The Morgan fingerprint density at radius 3 is 2.34 bits per heavy atom. The summed E-state index contributed by atoms with van der Waals surface area (Å²) in [6.45, 7) is 5.83. The van der Waals surface area contributed by atoms with Crippen molar-refractivity contribution in [3.8, 4) is 28.4 Å². The minimum absolute atomic E-state index is 0.0292. The van der Waals surface area contributed by atoms with Crippen molar-refractivity contribution in [1.29, 1.82) is 0 Å². The van der Waals surface area contributed by atoms with Gasteiger partial charge in [0.2, 0.25) is 0 Å². The third kappa shape index (κ3) is 7.45. The summed E-state index contributed by atoms with van der Waals surface area (Å²) in [5.74, 6) is -1.79. The molecular formula is C30H37F2N5O4. The average molecular weight is 570 g/mol. The molecule has 0 spiro atoms. The summed E-state index contributed by atoms with van der Waals surface area (Å²) in [6, 6.07) is 2.12. The second kappa shape index (κ2) is 13.2. The highest BCUT2D eigenvalue weighted by atomic mass is 19.1. The van der Waals surface area contributed by atoms with Gasteiger partial charge in [0.05, 0.1) is 36.2 Å². The van der Waals surface area contributed by atoms with Crippen LogP contribution in [0.2, 0.25) is 0 Å². The molecule has 1 aliphatic rings. The molecular weight excluding hydrogens is 532 g/mol. The zero-order chi connectivity index (χ0) is 29.6. The van der Waals surface area contributed by atoms with Crippen LogP contribution in [0.15, 0.2) is 35.5 Å². The number of rotatable bonds is 8. The maximum Gasteiger partial charge on any atom is 0.409 e. The van der Waals surface area contributed by atoms with Crippen LogP contribution >= 0.6 is 0 Å². The zero-order valence-corrected chi connectivity index (χ0v) is 24.0. The van der Waals surface area contributed by atoms with Crippen LogP contribution in [0.3, 0.4) is 0 Å². The van der Waals surface area contributed by atoms with Gasteiger partial charge >= 0.3 is 6.09 Å². The second-order valence-electron chi connectivity index (χ2n) is 11.3. The van der Waals surface area contributed by atoms with Crippen molar-refractivity contribution in [2.45, 2.75) is 77.2 Å². The number of aromatic amines is 1. The van der Waals surface area contributed by atoms with Crippen molar-refractivity contribution >= 4 is 6.09 Å². The Morgan fingerprint density at radius 2 is 1.73 bits per heavy atom. The highest BCUT2D eigenvalue weighted by Gasteiger charge is 2.28. The van der Waals surface area contributed by atoms with E-state index in [1.165, 1.54) is 23.5 Å². The van der Waals surface area contributed by atoms with Gasteiger partial charge in [-0.3, -0.25) is 9.78 Å². The van der Waals surface area contributed by atoms with Gasteiger partial charge in [-0.05, 0) is 33.6 Å². The monoisotopic (exact) mass is 569 g/mol. The first-order chi connectivity index (χ1) is 19.6. The van der Waals surface area contributed by atoms with Crippen LogP contribution in [-0.4, -0.2) is 56.7 Å². The molecule has 3 aromatic rings. The smallest absolute Gasteiger partial charge is 0.409 e. The standard InChI is InChI=1S/C30H37F2N5O4/c1-30(2,3)37(4)29(39)41-15-9-14-40-20-16-21(31)24(22(32)17-20)25-26(19-10-7-5-6-8-11-19)35-27(36-28(25)38)23-18-33-12-13-34-23/h12-13,16-19H,5-11,14-15H2,1-4H3,(H,35,36,38). The fourth-order valence-corrected chi connectivity index (χ4v) is 4.77. The summed E-state index contributed by atoms with van der Waals surface area (Å²) < 4.78 is 41.8. The third-order valence-corrected chi connectivity index (χ3v) is 7.32. The Morgan fingerprint density at radius 1 is 1.05 bits per heavy atom. The molecule has 1 fully saturated rings. The van der Waals surface area contributed by atoms with Crippen LogP contribution in [0.1, 0.15) is 77.3 Å². The van der Waals surface area contributed by atoms with Crippen LogP contribution in [0.4, 0.5) is 13.6 Å². The van der Waals surface area contributed by atoms with Crippen molar-refractivity contribution in [1.82, 2.24) is 24.8 Å². The maximum absolute atomic E-state index is 15.5. The van der Waals surface area contributed by atoms with Gasteiger partial charge < -0.3 is 19.4 Å². The molecule has 0 unspecified atom stereocenters. The van der Waals surface area contributed by atoms with Crippen LogP contribution in [-0.2, 0) is 4.74 Å². The molecule has 0 radical (unpaired) electrons. The number of amides is 1. The number of H-pyrrole nitrogens is 1. The van der Waals surface area contributed by atoms with Crippen molar-refractivity contribution in [3.05, 3.63) is 58.4 Å². The fraction of sp³-hybridized carbons (Fsp3) is 0.500. The summed E-state index contributed by atoms with van der Waals surface area (Å²) in [5, 5.41) is 0. The summed E-state index contributed by atoms with van der Waals surface area (Å²) in [7, 11) is 1.65. The summed E-state index contributed by atoms with van der Waals surface area (Å²) in [6.07, 6.45) is 9.88. The summed E-state index contributed by atoms with van der Waals surface area (Å²) in [4.78, 5) is 42.6. The van der Waals surface area contributed by atoms with E-state index < -0.39 is 28.9 Å². The number of benzene rings is 1. The van der Waals surface area contributed by atoms with Crippen LogP contribution in [0, 0.1) is 11.6 Å². The van der Waals surface area contributed by atoms with Gasteiger partial charge in [0.15, 0.2) is 5.82 Å². The van der Waals surface area contributed by atoms with Crippen molar-refractivity contribution in [3.63, 3.8) is 0 Å². The third-order valence-electron chi connectivity index (χ3n) is 7.32. The molecule has 1 N–H and O–H groups in total. The van der Waals surface area contributed by atoms with Crippen LogP contribution in [0.5, 0.6) is 5.75 Å². The molecule has 1 saturated carbocycles. The molecule has 41 heavy (non-hydrogen) atoms. The fourth-order valence-electron chi connectivity index (χ4n) is 4.77. The number of ether oxygens (including phenoxy) is 2. The van der Waals surface area contributed by atoms with Gasteiger partial charge in [-0.15, -0.1) is 0 Å². The predicted molar refractivity (Wildman–Crippen MR) is 151 cm³/mol. The zero-order valence-electron chi connectivity index (χ0n) is 24.0. The van der Waals surface area contributed by atoms with Crippen molar-refractivity contribution in [2.75, 3.05) is 20.3 Å². The number of carbonyl (C=O) groups excluding carboxylic acids is 1. The highest BCUT2D eigenvalue weighted by molar-refractivity contribution is 5.69. The molecule has 4 rings (SSSR count). The number of carbonyl (C=O) groups is 1. The van der Waals surface area contributed by atoms with E-state index in [9.17, 15) is 9.59 Å². The molecule has 0 saturated heterocycles. The molecule has 220 valence electrons. The highest BCUT2D eigenvalue weighted by Crippen LogP contribution is 2.38. The lowest BCUT2D eigenvalue weighted by molar-refractivity contribution is 0.0773. The van der Waals surface area contributed by atoms with E-state index >= 15 is 8.78 Å². The molecule has 1 aliphatic carbocycles. The molecule has 0 bridgehead atoms. The lowest BCUT2D eigenvalue weighted by atomic mass is 9.90. The minimum Gasteiger partial charge on any atom is -0.493 e. The molecule has 9 nitrogen and oxygen atoms in total. The van der Waals surface area contributed by atoms with E-state index in [2.05, 4.69) is 15.0 Å². The van der Waals surface area contributed by atoms with Gasteiger partial charge in [0.1, 0.15) is 23.1 Å². The number of halogens is 2. The molecule has 0 aliphatic heterocycles. The number of hydrogen-bond donors (Lipinski definition) is 1. The molecule has 2 aromatic heterocycles. The van der Waals surface area contributed by atoms with E-state index in [0.717, 1.165) is 50.7 Å². The SMILES string of the molecule is CN(C(=O)OCCCOc1cc(F)c(-c2c(C3CCCCCC3)nc(-c3cnccn3)[nH]c2=O)c(F)c1)C(C)(C)C. The topological polar surface area (TPSA) is 110 Å². The predicted octanol–water partition coefficient (Wildman–Crippen LogP) is 6.25. The van der Waals surface area contributed by atoms with Crippen molar-refractivity contribution in [2.24, 2.45) is 0 Å². The molecule has 2 heterocycles. The first kappa shape index (κ1) is 30.1. The first-order valence-electron chi connectivity index (χ1n) is 14.0. The Hall–Kier alpha value is -3.89. The first-order valence-corrected chi connectivity index (χ1v) is 14.0. The molecule has 1 aromatic carbocycles. The van der Waals surface area contributed by atoms with Gasteiger partial charge in [-0.2, -0.15) is 0 Å². The van der Waals surface area contributed by atoms with E-state index in [4.69, 9.17) is 14.5 Å². The average Bonchev–Trinajstić information content (AvgIpc) is 3.22. The van der Waals surface area contributed by atoms with E-state index in [0.29, 0.717) is 17.8 Å². The van der Waals surface area contributed by atoms with E-state index in [-0.39, 0.29) is 41.8 Å². The molecule has 1 amide bonds. The van der Waals surface area contributed by atoms with E-state index in [1.54, 1.807) is 7.05 Å². The van der Waals surface area contributed by atoms with Gasteiger partial charge in [0.25, 0.3) is 5.56 Å². The number of hydrogen-bond acceptors (Lipinski definition) is 7. The Labute approximate surface area is 238 Å². The Kier molecular flexibility index (Phi) is 9.67. The molecule has 0 atom stereocenters. The minimum atomic E-state index is -0.923. The number of aromatic nitrogens is 4.